The molecule has 0 spiro atoms. The molecule has 4 bridgehead atoms. The van der Waals surface area contributed by atoms with Crippen molar-refractivity contribution in [1.82, 2.24) is 15.5 Å². The zero-order valence-corrected chi connectivity index (χ0v) is 15.4. The molecule has 4 saturated carbocycles. The van der Waals surface area contributed by atoms with Gasteiger partial charge in [0.25, 0.3) is 5.91 Å². The Hall–Kier alpha value is -2.37. The third-order valence-corrected chi connectivity index (χ3v) is 6.91. The van der Waals surface area contributed by atoms with E-state index in [4.69, 9.17) is 0 Å². The number of carbonyl (C=O) groups is 3. The molecule has 1 heterocycles. The first-order valence-corrected chi connectivity index (χ1v) is 9.99. The van der Waals surface area contributed by atoms with Crippen molar-refractivity contribution in [3.63, 3.8) is 0 Å². The molecule has 5 fully saturated rings. The SMILES string of the molecule is O=C(NC12CC3CC(CC(C3)C1)C2)c1ccc(CN2C(=O)CNC2=O)cc1. The highest BCUT2D eigenvalue weighted by molar-refractivity contribution is 6.01. The Morgan fingerprint density at radius 2 is 1.63 bits per heavy atom. The second kappa shape index (κ2) is 6.08. The fourth-order valence-corrected chi connectivity index (χ4v) is 6.14. The summed E-state index contributed by atoms with van der Waals surface area (Å²) in [5.41, 5.74) is 1.49. The van der Waals surface area contributed by atoms with Crippen molar-refractivity contribution in [1.29, 1.82) is 0 Å². The maximum absolute atomic E-state index is 12.8. The molecule has 4 aliphatic carbocycles. The first-order chi connectivity index (χ1) is 13.0. The number of urea groups is 1. The summed E-state index contributed by atoms with van der Waals surface area (Å²) < 4.78 is 0. The minimum Gasteiger partial charge on any atom is -0.347 e. The van der Waals surface area contributed by atoms with Crippen LogP contribution >= 0.6 is 0 Å². The molecule has 5 aliphatic rings. The van der Waals surface area contributed by atoms with E-state index in [1.54, 1.807) is 12.1 Å². The third-order valence-electron chi connectivity index (χ3n) is 6.91. The normalized spacial score (nSPS) is 34.1. The highest BCUT2D eigenvalue weighted by atomic mass is 16.2. The average molecular weight is 367 g/mol. The van der Waals surface area contributed by atoms with E-state index in [0.29, 0.717) is 5.56 Å². The van der Waals surface area contributed by atoms with Crippen LogP contribution in [-0.4, -0.2) is 34.8 Å². The highest BCUT2D eigenvalue weighted by Crippen LogP contribution is 2.55. The smallest absolute Gasteiger partial charge is 0.324 e. The van der Waals surface area contributed by atoms with Gasteiger partial charge in [0.15, 0.2) is 0 Å². The Bertz CT molecular complexity index is 750. The molecule has 0 aromatic heterocycles. The fraction of sp³-hybridized carbons (Fsp3) is 0.571. The summed E-state index contributed by atoms with van der Waals surface area (Å²) in [5, 5.41) is 5.89. The van der Waals surface area contributed by atoms with Gasteiger partial charge in [-0.15, -0.1) is 0 Å². The first kappa shape index (κ1) is 16.8. The van der Waals surface area contributed by atoms with Gasteiger partial charge in [0.1, 0.15) is 0 Å². The molecule has 0 unspecified atom stereocenters. The predicted octanol–water partition coefficient (Wildman–Crippen LogP) is 2.44. The van der Waals surface area contributed by atoms with Crippen LogP contribution in [0.2, 0.25) is 0 Å². The van der Waals surface area contributed by atoms with Crippen molar-refractivity contribution < 1.29 is 14.4 Å². The quantitative estimate of drug-likeness (QED) is 0.803. The lowest BCUT2D eigenvalue weighted by Crippen LogP contribution is -2.59. The van der Waals surface area contributed by atoms with Gasteiger partial charge in [0.2, 0.25) is 5.91 Å². The molecule has 1 aliphatic heterocycles. The van der Waals surface area contributed by atoms with Crippen molar-refractivity contribution in [2.75, 3.05) is 6.54 Å². The van der Waals surface area contributed by atoms with E-state index in [-0.39, 0.29) is 36.5 Å². The summed E-state index contributed by atoms with van der Waals surface area (Å²) in [7, 11) is 0. The lowest BCUT2D eigenvalue weighted by molar-refractivity contribution is -0.125. The second-order valence-corrected chi connectivity index (χ2v) is 8.99. The largest absolute Gasteiger partial charge is 0.347 e. The van der Waals surface area contributed by atoms with Crippen LogP contribution in [0.5, 0.6) is 0 Å². The number of carbonyl (C=O) groups excluding carboxylic acids is 3. The number of hydrogen-bond acceptors (Lipinski definition) is 3. The number of hydrogen-bond donors (Lipinski definition) is 2. The van der Waals surface area contributed by atoms with E-state index < -0.39 is 0 Å². The minimum absolute atomic E-state index is 0.00140. The summed E-state index contributed by atoms with van der Waals surface area (Å²) in [5.74, 6) is 2.16. The summed E-state index contributed by atoms with van der Waals surface area (Å²) in [4.78, 5) is 37.4. The van der Waals surface area contributed by atoms with E-state index in [1.165, 1.54) is 24.2 Å². The Kier molecular flexibility index (Phi) is 3.78. The number of amides is 4. The van der Waals surface area contributed by atoms with Gasteiger partial charge >= 0.3 is 6.03 Å². The highest BCUT2D eigenvalue weighted by Gasteiger charge is 2.51. The van der Waals surface area contributed by atoms with Gasteiger partial charge in [-0.1, -0.05) is 12.1 Å². The Morgan fingerprint density at radius 1 is 1.04 bits per heavy atom. The molecule has 4 amide bonds. The predicted molar refractivity (Wildman–Crippen MR) is 98.8 cm³/mol. The van der Waals surface area contributed by atoms with Crippen LogP contribution in [-0.2, 0) is 11.3 Å². The molecular weight excluding hydrogens is 342 g/mol. The molecule has 2 N–H and O–H groups in total. The van der Waals surface area contributed by atoms with Crippen molar-refractivity contribution in [3.05, 3.63) is 35.4 Å². The molecule has 1 saturated heterocycles. The van der Waals surface area contributed by atoms with Crippen LogP contribution in [0.15, 0.2) is 24.3 Å². The second-order valence-electron chi connectivity index (χ2n) is 8.99. The monoisotopic (exact) mass is 367 g/mol. The Morgan fingerprint density at radius 3 is 2.15 bits per heavy atom. The van der Waals surface area contributed by atoms with Crippen molar-refractivity contribution in [2.45, 2.75) is 50.6 Å². The standard InChI is InChI=1S/C21H25N3O3/c25-18-11-22-20(27)24(18)12-13-1-3-17(4-2-13)19(26)23-21-8-14-5-15(9-21)7-16(6-14)10-21/h1-4,14-16H,5-12H2,(H,22,27)(H,23,26). The Balaban J connectivity index is 1.26. The summed E-state index contributed by atoms with van der Waals surface area (Å²) >= 11 is 0. The zero-order chi connectivity index (χ0) is 18.6. The van der Waals surface area contributed by atoms with Crippen molar-refractivity contribution in [2.24, 2.45) is 17.8 Å². The number of imide groups is 1. The number of rotatable bonds is 4. The van der Waals surface area contributed by atoms with Gasteiger partial charge in [0, 0.05) is 11.1 Å². The minimum atomic E-state index is -0.358. The number of nitrogens with one attached hydrogen (secondary N) is 2. The van der Waals surface area contributed by atoms with E-state index in [9.17, 15) is 14.4 Å². The molecule has 142 valence electrons. The van der Waals surface area contributed by atoms with E-state index in [0.717, 1.165) is 42.6 Å². The summed E-state index contributed by atoms with van der Waals surface area (Å²) in [6.07, 6.45) is 7.46. The molecule has 1 aromatic rings. The van der Waals surface area contributed by atoms with Gasteiger partial charge in [-0.05, 0) is 74.0 Å². The molecule has 6 nitrogen and oxygen atoms in total. The van der Waals surface area contributed by atoms with Gasteiger partial charge in [-0.25, -0.2) is 4.79 Å². The van der Waals surface area contributed by atoms with Gasteiger partial charge in [0.05, 0.1) is 13.1 Å². The van der Waals surface area contributed by atoms with Crippen LogP contribution in [0.3, 0.4) is 0 Å². The van der Waals surface area contributed by atoms with Crippen LogP contribution in [0.4, 0.5) is 4.79 Å². The first-order valence-electron chi connectivity index (χ1n) is 9.99. The molecule has 6 heteroatoms. The third kappa shape index (κ3) is 3.01. The van der Waals surface area contributed by atoms with Crippen molar-refractivity contribution in [3.8, 4) is 0 Å². The van der Waals surface area contributed by atoms with Gasteiger partial charge in [-0.3, -0.25) is 14.5 Å². The van der Waals surface area contributed by atoms with Crippen LogP contribution < -0.4 is 10.6 Å². The number of benzene rings is 1. The maximum atomic E-state index is 12.8. The van der Waals surface area contributed by atoms with Crippen molar-refractivity contribution >= 4 is 17.8 Å². The lowest BCUT2D eigenvalue weighted by Gasteiger charge is -2.56. The zero-order valence-electron chi connectivity index (χ0n) is 15.4. The number of nitrogens with zero attached hydrogens (tertiary/aromatic N) is 1. The molecular formula is C21H25N3O3. The summed E-state index contributed by atoms with van der Waals surface area (Å²) in [6.45, 7) is 0.298. The topological polar surface area (TPSA) is 78.5 Å². The molecule has 1 aromatic carbocycles. The van der Waals surface area contributed by atoms with Gasteiger partial charge < -0.3 is 10.6 Å². The molecule has 0 atom stereocenters. The molecule has 6 rings (SSSR count). The van der Waals surface area contributed by atoms with Crippen LogP contribution in [0, 0.1) is 17.8 Å². The summed E-state index contributed by atoms with van der Waals surface area (Å²) in [6, 6.07) is 6.89. The molecule has 0 radical (unpaired) electrons. The fourth-order valence-electron chi connectivity index (χ4n) is 6.14. The van der Waals surface area contributed by atoms with Gasteiger partial charge in [-0.2, -0.15) is 0 Å². The van der Waals surface area contributed by atoms with Crippen LogP contribution in [0.1, 0.15) is 54.4 Å². The maximum Gasteiger partial charge on any atom is 0.324 e. The molecule has 27 heavy (non-hydrogen) atoms. The van der Waals surface area contributed by atoms with E-state index >= 15 is 0 Å². The lowest BCUT2D eigenvalue weighted by atomic mass is 9.53. The van der Waals surface area contributed by atoms with E-state index in [2.05, 4.69) is 10.6 Å². The average Bonchev–Trinajstić information content (AvgIpc) is 2.93. The Labute approximate surface area is 158 Å². The van der Waals surface area contributed by atoms with E-state index in [1.807, 2.05) is 12.1 Å². The van der Waals surface area contributed by atoms with Crippen LogP contribution in [0.25, 0.3) is 0 Å².